The lowest BCUT2D eigenvalue weighted by Crippen LogP contribution is -2.30. The molecule has 6 nitrogen and oxygen atoms in total. The SMILES string of the molecule is CC/C=C\C/C=C\C/C=C\CCCCCCC(=O)OCC(COC(=O)CCCCCCC/C=C\CCCCCCCCCCC)OC(=O)CCCCCCCC/C=C\C=C/CCCCC. The molecular formula is C59H102O6. The van der Waals surface area contributed by atoms with E-state index in [9.17, 15) is 14.4 Å². The number of rotatable bonds is 49. The molecule has 0 aliphatic carbocycles. The zero-order valence-electron chi connectivity index (χ0n) is 42.7. The molecular weight excluding hydrogens is 805 g/mol. The van der Waals surface area contributed by atoms with E-state index in [2.05, 4.69) is 93.7 Å². The maximum absolute atomic E-state index is 12.8. The van der Waals surface area contributed by atoms with Gasteiger partial charge in [0, 0.05) is 19.3 Å². The summed E-state index contributed by atoms with van der Waals surface area (Å²) >= 11 is 0. The molecule has 0 saturated carbocycles. The van der Waals surface area contributed by atoms with Gasteiger partial charge in [-0.3, -0.25) is 14.4 Å². The average molecular weight is 907 g/mol. The Balaban J connectivity index is 4.42. The van der Waals surface area contributed by atoms with Gasteiger partial charge >= 0.3 is 17.9 Å². The van der Waals surface area contributed by atoms with Crippen molar-refractivity contribution in [3.8, 4) is 0 Å². The van der Waals surface area contributed by atoms with E-state index >= 15 is 0 Å². The van der Waals surface area contributed by atoms with E-state index in [1.165, 1.54) is 116 Å². The van der Waals surface area contributed by atoms with Gasteiger partial charge in [0.25, 0.3) is 0 Å². The molecule has 0 aromatic rings. The highest BCUT2D eigenvalue weighted by molar-refractivity contribution is 5.71. The van der Waals surface area contributed by atoms with Gasteiger partial charge in [0.15, 0.2) is 6.10 Å². The van der Waals surface area contributed by atoms with Crippen LogP contribution in [-0.4, -0.2) is 37.2 Å². The monoisotopic (exact) mass is 907 g/mol. The van der Waals surface area contributed by atoms with E-state index in [1.807, 2.05) is 0 Å². The van der Waals surface area contributed by atoms with Crippen LogP contribution in [0.25, 0.3) is 0 Å². The number of allylic oxidation sites excluding steroid dienone is 12. The molecule has 1 unspecified atom stereocenters. The van der Waals surface area contributed by atoms with Crippen LogP contribution in [0.3, 0.4) is 0 Å². The smallest absolute Gasteiger partial charge is 0.306 e. The zero-order valence-corrected chi connectivity index (χ0v) is 42.7. The van der Waals surface area contributed by atoms with Crippen molar-refractivity contribution in [3.63, 3.8) is 0 Å². The summed E-state index contributed by atoms with van der Waals surface area (Å²) in [4.78, 5) is 38.1. The molecule has 6 heteroatoms. The molecule has 0 amide bonds. The summed E-state index contributed by atoms with van der Waals surface area (Å²) < 4.78 is 16.8. The van der Waals surface area contributed by atoms with Crippen molar-refractivity contribution in [2.75, 3.05) is 13.2 Å². The summed E-state index contributed by atoms with van der Waals surface area (Å²) in [5, 5.41) is 0. The first-order valence-corrected chi connectivity index (χ1v) is 27.5. The van der Waals surface area contributed by atoms with E-state index in [1.54, 1.807) is 0 Å². The summed E-state index contributed by atoms with van der Waals surface area (Å²) in [5.41, 5.74) is 0. The molecule has 0 saturated heterocycles. The minimum absolute atomic E-state index is 0.0917. The van der Waals surface area contributed by atoms with Gasteiger partial charge in [-0.2, -0.15) is 0 Å². The fourth-order valence-corrected chi connectivity index (χ4v) is 7.56. The number of carbonyl (C=O) groups is 3. The van der Waals surface area contributed by atoms with Gasteiger partial charge < -0.3 is 14.2 Å². The molecule has 0 rings (SSSR count). The normalized spacial score (nSPS) is 12.6. The third-order valence-corrected chi connectivity index (χ3v) is 11.7. The molecule has 0 aromatic heterocycles. The highest BCUT2D eigenvalue weighted by atomic mass is 16.6. The fourth-order valence-electron chi connectivity index (χ4n) is 7.56. The molecule has 0 bridgehead atoms. The van der Waals surface area contributed by atoms with E-state index in [0.29, 0.717) is 19.3 Å². The standard InChI is InChI=1S/C59H102O6/c1-4-7-10-13-16-19-22-25-28-29-30-32-34-37-40-43-46-49-52-58(61)64-55-56(54-63-57(60)51-48-45-42-39-36-33-27-24-21-18-15-12-9-6-3)65-59(62)53-50-47-44-41-38-35-31-26-23-20-17-14-11-8-5-2/h9,12,17-18,20-21,23,26-27,30,32-33,56H,4-8,10-11,13-16,19,22,24-25,28-29,31,34-55H2,1-3H3/b12-9-,20-17-,21-18-,26-23-,32-30-,33-27-. The Morgan fingerprint density at radius 3 is 1.08 bits per heavy atom. The predicted molar refractivity (Wildman–Crippen MR) is 279 cm³/mol. The van der Waals surface area contributed by atoms with Gasteiger partial charge in [-0.25, -0.2) is 0 Å². The molecule has 0 radical (unpaired) electrons. The second-order valence-electron chi connectivity index (χ2n) is 18.1. The quantitative estimate of drug-likeness (QED) is 0.0199. The maximum atomic E-state index is 12.8. The van der Waals surface area contributed by atoms with Crippen LogP contribution in [-0.2, 0) is 28.6 Å². The van der Waals surface area contributed by atoms with Crippen molar-refractivity contribution in [3.05, 3.63) is 72.9 Å². The lowest BCUT2D eigenvalue weighted by molar-refractivity contribution is -0.167. The minimum atomic E-state index is -0.794. The van der Waals surface area contributed by atoms with Gasteiger partial charge in [-0.1, -0.05) is 216 Å². The number of carbonyl (C=O) groups excluding carboxylic acids is 3. The highest BCUT2D eigenvalue weighted by Gasteiger charge is 2.19. The van der Waals surface area contributed by atoms with E-state index in [4.69, 9.17) is 14.2 Å². The Labute approximate surface area is 402 Å². The van der Waals surface area contributed by atoms with E-state index < -0.39 is 6.10 Å². The zero-order chi connectivity index (χ0) is 47.2. The average Bonchev–Trinajstić information content (AvgIpc) is 3.30. The number of hydrogen-bond acceptors (Lipinski definition) is 6. The Morgan fingerprint density at radius 2 is 0.646 bits per heavy atom. The maximum Gasteiger partial charge on any atom is 0.306 e. The summed E-state index contributed by atoms with van der Waals surface area (Å²) in [7, 11) is 0. The van der Waals surface area contributed by atoms with Crippen LogP contribution < -0.4 is 0 Å². The van der Waals surface area contributed by atoms with E-state index in [-0.39, 0.29) is 31.1 Å². The molecule has 0 N–H and O–H groups in total. The largest absolute Gasteiger partial charge is 0.462 e. The Morgan fingerprint density at radius 1 is 0.338 bits per heavy atom. The third-order valence-electron chi connectivity index (χ3n) is 11.7. The number of ether oxygens (including phenoxy) is 3. The van der Waals surface area contributed by atoms with Crippen LogP contribution in [0.2, 0.25) is 0 Å². The van der Waals surface area contributed by atoms with Crippen molar-refractivity contribution >= 4 is 17.9 Å². The minimum Gasteiger partial charge on any atom is -0.462 e. The van der Waals surface area contributed by atoms with Crippen LogP contribution in [0.4, 0.5) is 0 Å². The van der Waals surface area contributed by atoms with Gasteiger partial charge in [0.1, 0.15) is 13.2 Å². The van der Waals surface area contributed by atoms with Gasteiger partial charge in [0.2, 0.25) is 0 Å². The van der Waals surface area contributed by atoms with Crippen LogP contribution in [0.15, 0.2) is 72.9 Å². The van der Waals surface area contributed by atoms with Gasteiger partial charge in [-0.15, -0.1) is 0 Å². The van der Waals surface area contributed by atoms with E-state index in [0.717, 1.165) is 109 Å². The number of esters is 3. The molecule has 374 valence electrons. The van der Waals surface area contributed by atoms with Crippen molar-refractivity contribution in [1.82, 2.24) is 0 Å². The summed E-state index contributed by atoms with van der Waals surface area (Å²) in [6, 6.07) is 0. The Hall–Kier alpha value is -3.15. The molecule has 1 atom stereocenters. The molecule has 0 spiro atoms. The molecule has 65 heavy (non-hydrogen) atoms. The number of unbranched alkanes of at least 4 members (excludes halogenated alkanes) is 27. The first-order chi connectivity index (χ1) is 32.0. The van der Waals surface area contributed by atoms with Gasteiger partial charge in [-0.05, 0) is 103 Å². The molecule has 0 aliphatic rings. The second kappa shape index (κ2) is 53.5. The van der Waals surface area contributed by atoms with Crippen LogP contribution >= 0.6 is 0 Å². The fraction of sp³-hybridized carbons (Fsp3) is 0.746. The summed E-state index contributed by atoms with van der Waals surface area (Å²) in [6.07, 6.45) is 67.4. The summed E-state index contributed by atoms with van der Waals surface area (Å²) in [5.74, 6) is -0.929. The first kappa shape index (κ1) is 61.9. The highest BCUT2D eigenvalue weighted by Crippen LogP contribution is 2.14. The van der Waals surface area contributed by atoms with Crippen molar-refractivity contribution in [2.45, 2.75) is 271 Å². The van der Waals surface area contributed by atoms with Crippen LogP contribution in [0.5, 0.6) is 0 Å². The topological polar surface area (TPSA) is 78.9 Å². The lowest BCUT2D eigenvalue weighted by atomic mass is 10.1. The Bertz CT molecular complexity index is 1230. The Kier molecular flexibility index (Phi) is 50.9. The van der Waals surface area contributed by atoms with Gasteiger partial charge in [0.05, 0.1) is 0 Å². The van der Waals surface area contributed by atoms with Crippen molar-refractivity contribution < 1.29 is 28.6 Å². The van der Waals surface area contributed by atoms with Crippen molar-refractivity contribution in [2.24, 2.45) is 0 Å². The molecule has 0 fully saturated rings. The summed E-state index contributed by atoms with van der Waals surface area (Å²) in [6.45, 7) is 6.47. The molecule has 0 aromatic carbocycles. The third kappa shape index (κ3) is 51.7. The second-order valence-corrected chi connectivity index (χ2v) is 18.1. The van der Waals surface area contributed by atoms with Crippen LogP contribution in [0.1, 0.15) is 265 Å². The molecule has 0 heterocycles. The van der Waals surface area contributed by atoms with Crippen molar-refractivity contribution in [1.29, 1.82) is 0 Å². The first-order valence-electron chi connectivity index (χ1n) is 27.5. The predicted octanol–water partition coefficient (Wildman–Crippen LogP) is 18.2. The lowest BCUT2D eigenvalue weighted by Gasteiger charge is -2.18. The van der Waals surface area contributed by atoms with Crippen LogP contribution in [0, 0.1) is 0 Å². The molecule has 0 aliphatic heterocycles. The number of hydrogen-bond donors (Lipinski definition) is 0.